The molecule has 7 heteroatoms. The van der Waals surface area contributed by atoms with Gasteiger partial charge in [0.1, 0.15) is 0 Å². The van der Waals surface area contributed by atoms with Crippen molar-refractivity contribution in [1.29, 1.82) is 0 Å². The lowest BCUT2D eigenvalue weighted by molar-refractivity contribution is 0.347. The van der Waals surface area contributed by atoms with E-state index in [1.807, 2.05) is 0 Å². The van der Waals surface area contributed by atoms with Crippen LogP contribution < -0.4 is 16.6 Å². The molecule has 114 valence electrons. The number of para-hydroxylation sites is 1. The average Bonchev–Trinajstić information content (AvgIpc) is 2.46. The number of rotatable bonds is 1. The second-order valence-corrected chi connectivity index (χ2v) is 5.54. The summed E-state index contributed by atoms with van der Waals surface area (Å²) in [6.45, 7) is 1.65. The quantitative estimate of drug-likeness (QED) is 0.829. The number of halogens is 2. The largest absolute Gasteiger partial charge is 0.331 e. The van der Waals surface area contributed by atoms with E-state index in [2.05, 4.69) is 5.32 Å². The molecule has 0 amide bonds. The third-order valence-electron chi connectivity index (χ3n) is 3.94. The van der Waals surface area contributed by atoms with E-state index >= 15 is 0 Å². The Bertz CT molecular complexity index is 778. The zero-order chi connectivity index (χ0) is 14.3. The van der Waals surface area contributed by atoms with Crippen molar-refractivity contribution >= 4 is 39.5 Å². The molecule has 5 nitrogen and oxygen atoms in total. The highest BCUT2D eigenvalue weighted by atomic mass is 79.9. The Kier molecular flexibility index (Phi) is 4.91. The molecule has 3 rings (SSSR count). The number of benzene rings is 1. The third kappa shape index (κ3) is 2.67. The van der Waals surface area contributed by atoms with Crippen LogP contribution in [0.3, 0.4) is 0 Å². The fraction of sp³-hybridized carbons (Fsp3) is 0.429. The third-order valence-corrected chi connectivity index (χ3v) is 4.24. The molecule has 2 heterocycles. The van der Waals surface area contributed by atoms with Crippen LogP contribution in [-0.4, -0.2) is 22.2 Å². The van der Waals surface area contributed by atoms with Gasteiger partial charge in [0.25, 0.3) is 5.56 Å². The summed E-state index contributed by atoms with van der Waals surface area (Å²) in [6.07, 6.45) is 1.59. The lowest BCUT2D eigenvalue weighted by Gasteiger charge is -2.25. The van der Waals surface area contributed by atoms with E-state index in [9.17, 15) is 9.59 Å². The highest BCUT2D eigenvalue weighted by Gasteiger charge is 2.21. The average molecular weight is 375 g/mol. The van der Waals surface area contributed by atoms with E-state index < -0.39 is 0 Å². The molecule has 1 saturated heterocycles. The van der Waals surface area contributed by atoms with Gasteiger partial charge in [0.05, 0.1) is 15.9 Å². The molecule has 1 aromatic carbocycles. The highest BCUT2D eigenvalue weighted by molar-refractivity contribution is 8.93. The molecule has 1 N–H and O–H groups in total. The van der Waals surface area contributed by atoms with Gasteiger partial charge in [0, 0.05) is 13.1 Å². The molecule has 0 radical (unpaired) electrons. The van der Waals surface area contributed by atoms with Crippen LogP contribution in [0.1, 0.15) is 18.9 Å². The van der Waals surface area contributed by atoms with Crippen LogP contribution >= 0.6 is 28.6 Å². The Hall–Kier alpha value is -1.11. The van der Waals surface area contributed by atoms with Crippen molar-refractivity contribution in [3.63, 3.8) is 0 Å². The molecule has 0 unspecified atom stereocenters. The smallest absolute Gasteiger partial charge is 0.317 e. The van der Waals surface area contributed by atoms with Gasteiger partial charge in [-0.1, -0.05) is 17.7 Å². The summed E-state index contributed by atoms with van der Waals surface area (Å²) in [5.74, 6) is 0. The first kappa shape index (κ1) is 16.3. The molecule has 1 aliphatic heterocycles. The molecule has 0 saturated carbocycles. The Balaban J connectivity index is 0.00000161. The molecule has 0 aliphatic carbocycles. The van der Waals surface area contributed by atoms with Gasteiger partial charge in [-0.3, -0.25) is 13.9 Å². The molecule has 0 bridgehead atoms. The van der Waals surface area contributed by atoms with Crippen molar-refractivity contribution in [3.05, 3.63) is 44.1 Å². The van der Waals surface area contributed by atoms with Crippen LogP contribution in [0.2, 0.25) is 5.02 Å². The SMILES string of the molecule is Br.Cn1c(=O)n(C2CCNCC2)c(=O)c2cccc(Cl)c21. The summed E-state index contributed by atoms with van der Waals surface area (Å²) in [5.41, 5.74) is -0.0191. The fourth-order valence-corrected chi connectivity index (χ4v) is 3.19. The first-order valence-electron chi connectivity index (χ1n) is 6.71. The van der Waals surface area contributed by atoms with Crippen molar-refractivity contribution < 1.29 is 0 Å². The Labute approximate surface area is 137 Å². The monoisotopic (exact) mass is 373 g/mol. The van der Waals surface area contributed by atoms with Crippen LogP contribution in [0.5, 0.6) is 0 Å². The predicted molar refractivity (Wildman–Crippen MR) is 89.9 cm³/mol. The Morgan fingerprint density at radius 1 is 1.24 bits per heavy atom. The Morgan fingerprint density at radius 3 is 2.57 bits per heavy atom. The van der Waals surface area contributed by atoms with Gasteiger partial charge >= 0.3 is 5.69 Å². The van der Waals surface area contributed by atoms with Crippen LogP contribution in [0, 0.1) is 0 Å². The normalized spacial score (nSPS) is 15.9. The van der Waals surface area contributed by atoms with E-state index in [1.54, 1.807) is 25.2 Å². The van der Waals surface area contributed by atoms with E-state index in [0.29, 0.717) is 15.9 Å². The van der Waals surface area contributed by atoms with Gasteiger partial charge in [0.2, 0.25) is 0 Å². The lowest BCUT2D eigenvalue weighted by atomic mass is 10.1. The van der Waals surface area contributed by atoms with Crippen molar-refractivity contribution in [2.45, 2.75) is 18.9 Å². The molecule has 21 heavy (non-hydrogen) atoms. The van der Waals surface area contributed by atoms with Crippen LogP contribution in [0.25, 0.3) is 10.9 Å². The summed E-state index contributed by atoms with van der Waals surface area (Å²) >= 11 is 6.13. The van der Waals surface area contributed by atoms with Gasteiger partial charge in [-0.05, 0) is 38.1 Å². The molecule has 1 fully saturated rings. The maximum absolute atomic E-state index is 12.6. The minimum absolute atomic E-state index is 0. The zero-order valence-electron chi connectivity index (χ0n) is 11.6. The van der Waals surface area contributed by atoms with Crippen LogP contribution in [0.4, 0.5) is 0 Å². The van der Waals surface area contributed by atoms with E-state index in [4.69, 9.17) is 11.6 Å². The molecule has 0 atom stereocenters. The van der Waals surface area contributed by atoms with Crippen molar-refractivity contribution in [2.75, 3.05) is 13.1 Å². The summed E-state index contributed by atoms with van der Waals surface area (Å²) in [6, 6.07) is 5.12. The van der Waals surface area contributed by atoms with Gasteiger partial charge in [-0.15, -0.1) is 17.0 Å². The maximum atomic E-state index is 12.6. The molecule has 2 aromatic rings. The molecule has 0 spiro atoms. The topological polar surface area (TPSA) is 56.0 Å². The number of fused-ring (bicyclic) bond motifs is 1. The first-order chi connectivity index (χ1) is 9.61. The first-order valence-corrected chi connectivity index (χ1v) is 7.09. The van der Waals surface area contributed by atoms with E-state index in [-0.39, 0.29) is 34.3 Å². The molecule has 1 aromatic heterocycles. The predicted octanol–water partition coefficient (Wildman–Crippen LogP) is 1.86. The standard InChI is InChI=1S/C14H16ClN3O2.BrH/c1-17-12-10(3-2-4-11(12)15)13(19)18(14(17)20)9-5-7-16-8-6-9;/h2-4,9,16H,5-8H2,1H3;1H. The summed E-state index contributed by atoms with van der Waals surface area (Å²) in [7, 11) is 1.66. The van der Waals surface area contributed by atoms with Crippen LogP contribution in [-0.2, 0) is 7.05 Å². The highest BCUT2D eigenvalue weighted by Crippen LogP contribution is 2.21. The van der Waals surface area contributed by atoms with Gasteiger partial charge in [0.15, 0.2) is 0 Å². The number of nitrogens with zero attached hydrogens (tertiary/aromatic N) is 2. The number of hydrogen-bond donors (Lipinski definition) is 1. The maximum Gasteiger partial charge on any atom is 0.331 e. The zero-order valence-corrected chi connectivity index (χ0v) is 14.1. The summed E-state index contributed by atoms with van der Waals surface area (Å²) in [4.78, 5) is 25.1. The minimum atomic E-state index is -0.289. The second-order valence-electron chi connectivity index (χ2n) is 5.13. The number of aryl methyl sites for hydroxylation is 1. The van der Waals surface area contributed by atoms with Crippen molar-refractivity contribution in [1.82, 2.24) is 14.5 Å². The summed E-state index contributed by atoms with van der Waals surface area (Å²) < 4.78 is 2.86. The number of piperidine rings is 1. The summed E-state index contributed by atoms with van der Waals surface area (Å²) in [5, 5.41) is 4.16. The van der Waals surface area contributed by atoms with Crippen molar-refractivity contribution in [2.24, 2.45) is 7.05 Å². The van der Waals surface area contributed by atoms with E-state index in [0.717, 1.165) is 25.9 Å². The molecular formula is C14H17BrClN3O2. The lowest BCUT2D eigenvalue weighted by Crippen LogP contribution is -2.44. The Morgan fingerprint density at radius 2 is 1.90 bits per heavy atom. The minimum Gasteiger partial charge on any atom is -0.317 e. The van der Waals surface area contributed by atoms with Crippen molar-refractivity contribution in [3.8, 4) is 0 Å². The van der Waals surface area contributed by atoms with Crippen LogP contribution in [0.15, 0.2) is 27.8 Å². The van der Waals surface area contributed by atoms with E-state index in [1.165, 1.54) is 9.13 Å². The second kappa shape index (κ2) is 6.34. The van der Waals surface area contributed by atoms with Gasteiger partial charge < -0.3 is 5.32 Å². The number of nitrogens with one attached hydrogen (secondary N) is 1. The molecular weight excluding hydrogens is 358 g/mol. The van der Waals surface area contributed by atoms with Gasteiger partial charge in [-0.2, -0.15) is 0 Å². The number of hydrogen-bond acceptors (Lipinski definition) is 3. The fourth-order valence-electron chi connectivity index (χ4n) is 2.89. The molecule has 1 aliphatic rings. The number of aromatic nitrogens is 2. The van der Waals surface area contributed by atoms with Gasteiger partial charge in [-0.25, -0.2) is 4.79 Å².